The minimum atomic E-state index is -0.376. The Kier molecular flexibility index (Phi) is 5.16. The fourth-order valence-electron chi connectivity index (χ4n) is 3.72. The SMILES string of the molecule is CCCn1c(CN(CC2CC2)C(=O)c2cc(F)ccc2C)nc2ccccc21. The van der Waals surface area contributed by atoms with Crippen LogP contribution in [0.1, 0.15) is 47.9 Å². The van der Waals surface area contributed by atoms with Gasteiger partial charge in [-0.2, -0.15) is 0 Å². The lowest BCUT2D eigenvalue weighted by Gasteiger charge is -2.24. The minimum absolute atomic E-state index is 0.112. The highest BCUT2D eigenvalue weighted by atomic mass is 19.1. The van der Waals surface area contributed by atoms with E-state index in [4.69, 9.17) is 4.98 Å². The topological polar surface area (TPSA) is 38.1 Å². The van der Waals surface area contributed by atoms with Crippen molar-refractivity contribution in [2.45, 2.75) is 46.2 Å². The highest BCUT2D eigenvalue weighted by molar-refractivity contribution is 5.95. The third-order valence-electron chi connectivity index (χ3n) is 5.41. The first-order valence-corrected chi connectivity index (χ1v) is 10.1. The summed E-state index contributed by atoms with van der Waals surface area (Å²) >= 11 is 0. The number of para-hydroxylation sites is 2. The van der Waals surface area contributed by atoms with Crippen molar-refractivity contribution in [3.05, 3.63) is 65.2 Å². The summed E-state index contributed by atoms with van der Waals surface area (Å²) in [5.74, 6) is 0.950. The molecule has 1 amide bonds. The highest BCUT2D eigenvalue weighted by Gasteiger charge is 2.29. The smallest absolute Gasteiger partial charge is 0.254 e. The fraction of sp³-hybridized carbons (Fsp3) is 0.391. The molecule has 1 fully saturated rings. The first kappa shape index (κ1) is 18.7. The van der Waals surface area contributed by atoms with Gasteiger partial charge in [0.2, 0.25) is 0 Å². The Morgan fingerprint density at radius 3 is 2.79 bits per heavy atom. The summed E-state index contributed by atoms with van der Waals surface area (Å²) < 4.78 is 16.0. The van der Waals surface area contributed by atoms with Gasteiger partial charge in [-0.15, -0.1) is 0 Å². The summed E-state index contributed by atoms with van der Waals surface area (Å²) in [4.78, 5) is 20.0. The summed E-state index contributed by atoms with van der Waals surface area (Å²) in [5, 5.41) is 0. The fourth-order valence-corrected chi connectivity index (χ4v) is 3.72. The van der Waals surface area contributed by atoms with Gasteiger partial charge in [0.05, 0.1) is 17.6 Å². The molecule has 0 spiro atoms. The molecule has 1 aliphatic carbocycles. The number of amides is 1. The Labute approximate surface area is 165 Å². The molecule has 1 aromatic heterocycles. The van der Waals surface area contributed by atoms with E-state index in [2.05, 4.69) is 17.6 Å². The second kappa shape index (κ2) is 7.74. The maximum absolute atomic E-state index is 13.8. The Morgan fingerprint density at radius 2 is 2.04 bits per heavy atom. The van der Waals surface area contributed by atoms with Crippen LogP contribution < -0.4 is 0 Å². The quantitative estimate of drug-likeness (QED) is 0.583. The molecular weight excluding hydrogens is 353 g/mol. The lowest BCUT2D eigenvalue weighted by atomic mass is 10.1. The molecule has 0 aliphatic heterocycles. The molecule has 1 heterocycles. The van der Waals surface area contributed by atoms with Crippen LogP contribution in [0.25, 0.3) is 11.0 Å². The molecule has 4 nitrogen and oxygen atoms in total. The van der Waals surface area contributed by atoms with E-state index in [1.54, 1.807) is 6.07 Å². The van der Waals surface area contributed by atoms with Crippen LogP contribution in [-0.2, 0) is 13.1 Å². The van der Waals surface area contributed by atoms with Gasteiger partial charge in [0.1, 0.15) is 11.6 Å². The number of hydrogen-bond donors (Lipinski definition) is 0. The number of imidazole rings is 1. The van der Waals surface area contributed by atoms with Gasteiger partial charge in [0, 0.05) is 18.7 Å². The molecule has 0 atom stereocenters. The van der Waals surface area contributed by atoms with Crippen LogP contribution in [0, 0.1) is 18.7 Å². The van der Waals surface area contributed by atoms with Crippen LogP contribution in [0.15, 0.2) is 42.5 Å². The van der Waals surface area contributed by atoms with Crippen LogP contribution in [0.5, 0.6) is 0 Å². The highest BCUT2D eigenvalue weighted by Crippen LogP contribution is 2.31. The number of halogens is 1. The summed E-state index contributed by atoms with van der Waals surface area (Å²) in [6.45, 7) is 6.00. The number of benzene rings is 2. The lowest BCUT2D eigenvalue weighted by Crippen LogP contribution is -2.34. The summed E-state index contributed by atoms with van der Waals surface area (Å²) in [6, 6.07) is 12.5. The maximum atomic E-state index is 13.8. The summed E-state index contributed by atoms with van der Waals surface area (Å²) in [5.41, 5.74) is 3.29. The van der Waals surface area contributed by atoms with Crippen LogP contribution in [0.2, 0.25) is 0 Å². The molecule has 5 heteroatoms. The van der Waals surface area contributed by atoms with Gasteiger partial charge < -0.3 is 9.47 Å². The van der Waals surface area contributed by atoms with Crippen LogP contribution in [0.3, 0.4) is 0 Å². The number of rotatable bonds is 7. The van der Waals surface area contributed by atoms with Crippen molar-refractivity contribution < 1.29 is 9.18 Å². The molecule has 146 valence electrons. The van der Waals surface area contributed by atoms with E-state index in [1.165, 1.54) is 12.1 Å². The zero-order valence-electron chi connectivity index (χ0n) is 16.5. The Morgan fingerprint density at radius 1 is 1.25 bits per heavy atom. The molecule has 3 aromatic rings. The number of hydrogen-bond acceptors (Lipinski definition) is 2. The molecule has 0 radical (unpaired) electrons. The molecular formula is C23H26FN3O. The van der Waals surface area contributed by atoms with Crippen LogP contribution >= 0.6 is 0 Å². The van der Waals surface area contributed by atoms with E-state index in [0.717, 1.165) is 48.2 Å². The van der Waals surface area contributed by atoms with Crippen molar-refractivity contribution in [1.82, 2.24) is 14.5 Å². The van der Waals surface area contributed by atoms with Gasteiger partial charge in [-0.1, -0.05) is 25.1 Å². The number of nitrogens with zero attached hydrogens (tertiary/aromatic N) is 3. The zero-order chi connectivity index (χ0) is 19.7. The molecule has 0 saturated heterocycles. The normalized spacial score (nSPS) is 13.8. The molecule has 28 heavy (non-hydrogen) atoms. The molecule has 1 aliphatic rings. The number of carbonyl (C=O) groups excluding carboxylic acids is 1. The Hall–Kier alpha value is -2.69. The first-order valence-electron chi connectivity index (χ1n) is 10.1. The van der Waals surface area contributed by atoms with E-state index < -0.39 is 0 Å². The molecule has 1 saturated carbocycles. The van der Waals surface area contributed by atoms with E-state index in [1.807, 2.05) is 30.0 Å². The van der Waals surface area contributed by atoms with Crippen molar-refractivity contribution in [3.63, 3.8) is 0 Å². The monoisotopic (exact) mass is 379 g/mol. The lowest BCUT2D eigenvalue weighted by molar-refractivity contribution is 0.0727. The van der Waals surface area contributed by atoms with Crippen molar-refractivity contribution in [3.8, 4) is 0 Å². The minimum Gasteiger partial charge on any atom is -0.331 e. The maximum Gasteiger partial charge on any atom is 0.254 e. The molecule has 4 rings (SSSR count). The summed E-state index contributed by atoms with van der Waals surface area (Å²) in [7, 11) is 0. The molecule has 0 bridgehead atoms. The number of fused-ring (bicyclic) bond motifs is 1. The first-order chi connectivity index (χ1) is 13.6. The van der Waals surface area contributed by atoms with Crippen molar-refractivity contribution >= 4 is 16.9 Å². The largest absolute Gasteiger partial charge is 0.331 e. The van der Waals surface area contributed by atoms with Crippen LogP contribution in [-0.4, -0.2) is 26.9 Å². The number of aryl methyl sites for hydroxylation is 2. The van der Waals surface area contributed by atoms with Crippen molar-refractivity contribution in [2.24, 2.45) is 5.92 Å². The standard InChI is InChI=1S/C23H26FN3O/c1-3-12-27-21-7-5-4-6-20(21)25-22(27)15-26(14-17-9-10-17)23(28)19-13-18(24)11-8-16(19)2/h4-8,11,13,17H,3,9-10,12,14-15H2,1-2H3. The van der Waals surface area contributed by atoms with Crippen molar-refractivity contribution in [1.29, 1.82) is 0 Å². The third kappa shape index (κ3) is 3.79. The van der Waals surface area contributed by atoms with Crippen molar-refractivity contribution in [2.75, 3.05) is 6.54 Å². The molecule has 0 N–H and O–H groups in total. The van der Waals surface area contributed by atoms with Gasteiger partial charge in [0.15, 0.2) is 0 Å². The average Bonchev–Trinajstić information content (AvgIpc) is 3.44. The van der Waals surface area contributed by atoms with Crippen LogP contribution in [0.4, 0.5) is 4.39 Å². The van der Waals surface area contributed by atoms with Gasteiger partial charge >= 0.3 is 0 Å². The van der Waals surface area contributed by atoms with E-state index in [9.17, 15) is 9.18 Å². The molecule has 0 unspecified atom stereocenters. The molecule has 2 aromatic carbocycles. The van der Waals surface area contributed by atoms with E-state index in [0.29, 0.717) is 24.6 Å². The number of carbonyl (C=O) groups is 1. The van der Waals surface area contributed by atoms with E-state index in [-0.39, 0.29) is 11.7 Å². The van der Waals surface area contributed by atoms with Gasteiger partial charge in [0.25, 0.3) is 5.91 Å². The Bertz CT molecular complexity index is 1010. The Balaban J connectivity index is 1.69. The predicted molar refractivity (Wildman–Crippen MR) is 109 cm³/mol. The summed E-state index contributed by atoms with van der Waals surface area (Å²) in [6.07, 6.45) is 3.29. The predicted octanol–water partition coefficient (Wildman–Crippen LogP) is 4.95. The van der Waals surface area contributed by atoms with Gasteiger partial charge in [-0.3, -0.25) is 4.79 Å². The second-order valence-corrected chi connectivity index (χ2v) is 7.76. The third-order valence-corrected chi connectivity index (χ3v) is 5.41. The second-order valence-electron chi connectivity index (χ2n) is 7.76. The van der Waals surface area contributed by atoms with Gasteiger partial charge in [-0.25, -0.2) is 9.37 Å². The van der Waals surface area contributed by atoms with E-state index >= 15 is 0 Å². The average molecular weight is 379 g/mol. The van der Waals surface area contributed by atoms with Gasteiger partial charge in [-0.05, 0) is 61.9 Å². The zero-order valence-corrected chi connectivity index (χ0v) is 16.5. The number of aromatic nitrogens is 2.